The van der Waals surface area contributed by atoms with Crippen molar-refractivity contribution in [3.63, 3.8) is 0 Å². The quantitative estimate of drug-likeness (QED) is 0.484. The number of rotatable bonds is 6. The van der Waals surface area contributed by atoms with E-state index in [0.29, 0.717) is 17.0 Å². The van der Waals surface area contributed by atoms with Gasteiger partial charge in [-0.25, -0.2) is 4.99 Å². The fourth-order valence-corrected chi connectivity index (χ4v) is 5.19. The van der Waals surface area contributed by atoms with Crippen LogP contribution in [0.3, 0.4) is 0 Å². The summed E-state index contributed by atoms with van der Waals surface area (Å²) in [7, 11) is 1.63. The third kappa shape index (κ3) is 5.43. The Hall–Kier alpha value is -3.93. The van der Waals surface area contributed by atoms with E-state index in [0.717, 1.165) is 48.1 Å². The maximum Gasteiger partial charge on any atom is 0.257 e. The summed E-state index contributed by atoms with van der Waals surface area (Å²) in [5.74, 6) is 0.353. The number of hydrogen-bond acceptors (Lipinski definition) is 4. The molecule has 1 unspecified atom stereocenters. The van der Waals surface area contributed by atoms with E-state index in [9.17, 15) is 9.59 Å². The van der Waals surface area contributed by atoms with E-state index < -0.39 is 6.04 Å². The summed E-state index contributed by atoms with van der Waals surface area (Å²) in [6.07, 6.45) is 5.33. The van der Waals surface area contributed by atoms with E-state index in [2.05, 4.69) is 5.32 Å². The summed E-state index contributed by atoms with van der Waals surface area (Å²) >= 11 is 0. The van der Waals surface area contributed by atoms with Gasteiger partial charge in [0.1, 0.15) is 5.75 Å². The summed E-state index contributed by atoms with van der Waals surface area (Å²) in [6.45, 7) is 2.30. The van der Waals surface area contributed by atoms with Gasteiger partial charge in [-0.3, -0.25) is 9.59 Å². The van der Waals surface area contributed by atoms with Gasteiger partial charge in [0.15, 0.2) is 6.04 Å². The minimum atomic E-state index is -0.869. The van der Waals surface area contributed by atoms with Crippen molar-refractivity contribution in [3.05, 3.63) is 95.1 Å². The molecule has 2 amide bonds. The van der Waals surface area contributed by atoms with Crippen molar-refractivity contribution in [2.75, 3.05) is 7.11 Å². The first-order chi connectivity index (χ1) is 18.0. The molecule has 0 radical (unpaired) electrons. The van der Waals surface area contributed by atoms with Gasteiger partial charge in [0.25, 0.3) is 5.91 Å². The van der Waals surface area contributed by atoms with Crippen LogP contribution in [0.15, 0.2) is 77.8 Å². The zero-order valence-corrected chi connectivity index (χ0v) is 21.4. The van der Waals surface area contributed by atoms with E-state index in [1.165, 1.54) is 6.42 Å². The molecule has 1 fully saturated rings. The molecule has 1 heterocycles. The van der Waals surface area contributed by atoms with Gasteiger partial charge < -0.3 is 15.0 Å². The second kappa shape index (κ2) is 11.0. The van der Waals surface area contributed by atoms with Crippen LogP contribution in [0.4, 0.5) is 5.69 Å². The van der Waals surface area contributed by atoms with Crippen molar-refractivity contribution in [2.45, 2.75) is 57.7 Å². The number of carbonyl (C=O) groups is 2. The molecule has 1 N–H and O–H groups in total. The Morgan fingerprint density at radius 1 is 0.973 bits per heavy atom. The Balaban J connectivity index is 1.61. The number of aliphatic imine (C=N–C) groups is 1. The Morgan fingerprint density at radius 2 is 1.68 bits per heavy atom. The molecule has 2 aliphatic rings. The molecule has 190 valence electrons. The fraction of sp³-hybridized carbons (Fsp3) is 0.323. The zero-order valence-electron chi connectivity index (χ0n) is 21.4. The molecule has 37 heavy (non-hydrogen) atoms. The van der Waals surface area contributed by atoms with Crippen LogP contribution in [0.5, 0.6) is 5.75 Å². The number of carbonyl (C=O) groups excluding carboxylic acids is 2. The summed E-state index contributed by atoms with van der Waals surface area (Å²) in [5.41, 5.74) is 4.52. The minimum absolute atomic E-state index is 0.115. The molecule has 1 saturated carbocycles. The predicted molar refractivity (Wildman–Crippen MR) is 145 cm³/mol. The molecule has 0 aromatic heterocycles. The first kappa shape index (κ1) is 24.8. The summed E-state index contributed by atoms with van der Waals surface area (Å²) in [5, 5.41) is 3.28. The van der Waals surface area contributed by atoms with Crippen molar-refractivity contribution in [3.8, 4) is 5.75 Å². The fourth-order valence-electron chi connectivity index (χ4n) is 5.19. The van der Waals surface area contributed by atoms with E-state index in [4.69, 9.17) is 9.73 Å². The Kier molecular flexibility index (Phi) is 7.35. The molecule has 3 aromatic rings. The lowest BCUT2D eigenvalue weighted by Crippen LogP contribution is -2.55. The van der Waals surface area contributed by atoms with Crippen LogP contribution in [0.25, 0.3) is 0 Å². The second-order valence-electron chi connectivity index (χ2n) is 9.91. The Bertz CT molecular complexity index is 1290. The highest BCUT2D eigenvalue weighted by molar-refractivity contribution is 6.21. The van der Waals surface area contributed by atoms with E-state index in [-0.39, 0.29) is 24.4 Å². The van der Waals surface area contributed by atoms with Crippen molar-refractivity contribution in [1.29, 1.82) is 0 Å². The van der Waals surface area contributed by atoms with Gasteiger partial charge in [0, 0.05) is 12.6 Å². The van der Waals surface area contributed by atoms with Crippen LogP contribution in [0.1, 0.15) is 59.2 Å². The number of aryl methyl sites for hydroxylation is 1. The topological polar surface area (TPSA) is 71.0 Å². The van der Waals surface area contributed by atoms with Crippen LogP contribution >= 0.6 is 0 Å². The van der Waals surface area contributed by atoms with Gasteiger partial charge in [-0.1, -0.05) is 73.4 Å². The smallest absolute Gasteiger partial charge is 0.257 e. The number of para-hydroxylation sites is 1. The highest BCUT2D eigenvalue weighted by atomic mass is 16.5. The maximum atomic E-state index is 14.1. The summed E-state index contributed by atoms with van der Waals surface area (Å²) < 4.78 is 5.31. The number of ether oxygens (including phenoxy) is 1. The highest BCUT2D eigenvalue weighted by Crippen LogP contribution is 2.30. The van der Waals surface area contributed by atoms with Crippen LogP contribution < -0.4 is 10.1 Å². The summed E-state index contributed by atoms with van der Waals surface area (Å²) in [4.78, 5) is 34.8. The van der Waals surface area contributed by atoms with Gasteiger partial charge >= 0.3 is 0 Å². The molecule has 1 atom stereocenters. The highest BCUT2D eigenvalue weighted by Gasteiger charge is 2.39. The largest absolute Gasteiger partial charge is 0.497 e. The van der Waals surface area contributed by atoms with Gasteiger partial charge in [-0.05, 0) is 55.2 Å². The van der Waals surface area contributed by atoms with E-state index >= 15 is 0 Å². The van der Waals surface area contributed by atoms with Crippen LogP contribution in [-0.2, 0) is 11.3 Å². The van der Waals surface area contributed by atoms with Crippen LogP contribution in [-0.4, -0.2) is 41.6 Å². The molecular formula is C31H33N3O3. The van der Waals surface area contributed by atoms with Crippen molar-refractivity contribution < 1.29 is 14.3 Å². The number of methoxy groups -OCH3 is 1. The molecule has 1 aliphatic carbocycles. The van der Waals surface area contributed by atoms with Gasteiger partial charge in [0.2, 0.25) is 5.91 Å². The van der Waals surface area contributed by atoms with Gasteiger partial charge in [-0.2, -0.15) is 0 Å². The molecule has 1 aliphatic heterocycles. The van der Waals surface area contributed by atoms with Crippen LogP contribution in [0.2, 0.25) is 0 Å². The average Bonchev–Trinajstić information content (AvgIpc) is 3.05. The number of hydrogen-bond donors (Lipinski definition) is 1. The van der Waals surface area contributed by atoms with Crippen molar-refractivity contribution in [1.82, 2.24) is 10.2 Å². The Labute approximate surface area is 218 Å². The predicted octanol–water partition coefficient (Wildman–Crippen LogP) is 5.60. The molecule has 3 aromatic carbocycles. The molecule has 6 nitrogen and oxygen atoms in total. The number of nitrogens with zero attached hydrogens (tertiary/aromatic N) is 2. The standard InChI is InChI=1S/C31H33N3O3/c1-21-12-16-23(17-13-21)28-29(30(35)32-24-8-4-3-5-9-24)34(20-22-14-18-25(37-2)19-15-22)31(36)26-10-6-7-11-27(26)33-28/h6-7,10-19,24,29H,3-5,8-9,20H2,1-2H3,(H,32,35). The average molecular weight is 496 g/mol. The van der Waals surface area contributed by atoms with E-state index in [1.807, 2.05) is 73.7 Å². The third-order valence-corrected chi connectivity index (χ3v) is 7.27. The lowest BCUT2D eigenvalue weighted by atomic mass is 9.94. The summed E-state index contributed by atoms with van der Waals surface area (Å²) in [6, 6.07) is 22.2. The lowest BCUT2D eigenvalue weighted by molar-refractivity contribution is -0.124. The molecular weight excluding hydrogens is 462 g/mol. The molecule has 6 heteroatoms. The molecule has 5 rings (SSSR count). The molecule has 0 saturated heterocycles. The number of nitrogens with one attached hydrogen (secondary N) is 1. The van der Waals surface area contributed by atoms with Crippen LogP contribution in [0, 0.1) is 6.92 Å². The number of amides is 2. The van der Waals surface area contributed by atoms with Gasteiger partial charge in [0.05, 0.1) is 24.1 Å². The van der Waals surface area contributed by atoms with Gasteiger partial charge in [-0.15, -0.1) is 0 Å². The van der Waals surface area contributed by atoms with Crippen molar-refractivity contribution in [2.24, 2.45) is 4.99 Å². The lowest BCUT2D eigenvalue weighted by Gasteiger charge is -2.33. The number of fused-ring (bicyclic) bond motifs is 1. The minimum Gasteiger partial charge on any atom is -0.497 e. The molecule has 0 spiro atoms. The molecule has 0 bridgehead atoms. The zero-order chi connectivity index (χ0) is 25.8. The first-order valence-electron chi connectivity index (χ1n) is 13.0. The monoisotopic (exact) mass is 495 g/mol. The normalized spacial score (nSPS) is 18.0. The van der Waals surface area contributed by atoms with E-state index in [1.54, 1.807) is 18.1 Å². The number of benzene rings is 3. The second-order valence-corrected chi connectivity index (χ2v) is 9.91. The third-order valence-electron chi connectivity index (χ3n) is 7.27. The first-order valence-corrected chi connectivity index (χ1v) is 13.0. The van der Waals surface area contributed by atoms with Crippen molar-refractivity contribution >= 4 is 23.2 Å². The maximum absolute atomic E-state index is 14.1. The SMILES string of the molecule is COc1ccc(CN2C(=O)c3ccccc3N=C(c3ccc(C)cc3)C2C(=O)NC2CCCCC2)cc1. The Morgan fingerprint density at radius 3 is 2.38 bits per heavy atom.